The quantitative estimate of drug-likeness (QED) is 0.122. The first-order valence-corrected chi connectivity index (χ1v) is 19.6. The molecule has 6 heteroatoms. The first-order chi connectivity index (χ1) is 25.3. The van der Waals surface area contributed by atoms with Crippen molar-refractivity contribution in [3.63, 3.8) is 0 Å². The summed E-state index contributed by atoms with van der Waals surface area (Å²) in [5, 5.41) is 44.2. The highest BCUT2D eigenvalue weighted by molar-refractivity contribution is 5.79. The molecule has 0 bridgehead atoms. The second-order valence-corrected chi connectivity index (χ2v) is 15.8. The molecule has 272 valence electrons. The molecule has 3 saturated carbocycles. The Bertz CT molecular complexity index is 1790. The van der Waals surface area contributed by atoms with Crippen molar-refractivity contribution in [2.45, 2.75) is 126 Å². The molecule has 0 unspecified atom stereocenters. The van der Waals surface area contributed by atoms with E-state index in [1.165, 1.54) is 36.1 Å². The molecule has 3 aliphatic rings. The van der Waals surface area contributed by atoms with E-state index in [4.69, 9.17) is 0 Å². The average Bonchev–Trinajstić information content (AvgIpc) is 3.18. The van der Waals surface area contributed by atoms with Gasteiger partial charge in [0.1, 0.15) is 35.6 Å². The third-order valence-corrected chi connectivity index (χ3v) is 12.6. The Balaban J connectivity index is 1.42. The smallest absolute Gasteiger partial charge is 0.150 e. The van der Waals surface area contributed by atoms with Crippen LogP contribution in [0.5, 0.6) is 23.0 Å². The molecule has 52 heavy (non-hydrogen) atoms. The summed E-state index contributed by atoms with van der Waals surface area (Å²) >= 11 is 0. The molecule has 4 N–H and O–H groups in total. The first-order valence-electron chi connectivity index (χ1n) is 19.6. The Morgan fingerprint density at radius 2 is 0.904 bits per heavy atom. The maximum absolute atomic E-state index is 12.1. The summed E-state index contributed by atoms with van der Waals surface area (Å²) < 4.78 is 0. The van der Waals surface area contributed by atoms with Gasteiger partial charge in [-0.2, -0.15) is 0 Å². The van der Waals surface area contributed by atoms with Gasteiger partial charge < -0.3 is 20.4 Å². The van der Waals surface area contributed by atoms with E-state index < -0.39 is 0 Å². The van der Waals surface area contributed by atoms with Crippen LogP contribution in [-0.2, 0) is 18.3 Å². The molecule has 3 fully saturated rings. The molecule has 0 atom stereocenters. The van der Waals surface area contributed by atoms with Crippen LogP contribution in [0.4, 0.5) is 0 Å². The van der Waals surface area contributed by atoms with Gasteiger partial charge in [0, 0.05) is 29.4 Å². The summed E-state index contributed by atoms with van der Waals surface area (Å²) in [5.74, 6) is 1.21. The third kappa shape index (κ3) is 7.22. The Hall–Kier alpha value is -4.58. The van der Waals surface area contributed by atoms with Crippen LogP contribution in [0.3, 0.4) is 0 Å². The van der Waals surface area contributed by atoms with Gasteiger partial charge in [0.15, 0.2) is 0 Å². The number of hydrogen-bond donors (Lipinski definition) is 4. The van der Waals surface area contributed by atoms with E-state index in [1.807, 2.05) is 0 Å². The van der Waals surface area contributed by atoms with Crippen molar-refractivity contribution in [1.29, 1.82) is 0 Å². The second kappa shape index (κ2) is 15.6. The average molecular weight is 701 g/mol. The minimum absolute atomic E-state index is 0.0392. The molecular weight excluding hydrogens is 649 g/mol. The zero-order valence-electron chi connectivity index (χ0n) is 30.2. The Morgan fingerprint density at radius 3 is 1.31 bits per heavy atom. The van der Waals surface area contributed by atoms with Crippen molar-refractivity contribution >= 4 is 12.6 Å². The highest BCUT2D eigenvalue weighted by Gasteiger charge is 2.39. The third-order valence-electron chi connectivity index (χ3n) is 12.6. The minimum Gasteiger partial charge on any atom is -0.508 e. The van der Waals surface area contributed by atoms with E-state index in [0.717, 1.165) is 129 Å². The first kappa shape index (κ1) is 35.8. The van der Waals surface area contributed by atoms with Gasteiger partial charge in [-0.1, -0.05) is 94.2 Å². The number of hydrogen-bond acceptors (Lipinski definition) is 6. The molecular formula is C46H52O6. The maximum Gasteiger partial charge on any atom is 0.150 e. The molecule has 0 radical (unpaired) electrons. The summed E-state index contributed by atoms with van der Waals surface area (Å²) in [6.07, 6.45) is 18.5. The fourth-order valence-corrected chi connectivity index (χ4v) is 9.73. The zero-order chi connectivity index (χ0) is 36.2. The number of rotatable bonds is 10. The predicted octanol–water partition coefficient (Wildman–Crippen LogP) is 10.7. The fourth-order valence-electron chi connectivity index (χ4n) is 9.73. The van der Waals surface area contributed by atoms with Crippen LogP contribution in [0.15, 0.2) is 60.7 Å². The lowest BCUT2D eigenvalue weighted by Crippen LogP contribution is -2.31. The van der Waals surface area contributed by atoms with Gasteiger partial charge in [-0.05, 0) is 119 Å². The minimum atomic E-state index is -0.360. The number of aldehydes is 2. The summed E-state index contributed by atoms with van der Waals surface area (Å²) in [6.45, 7) is 0. The van der Waals surface area contributed by atoms with Crippen molar-refractivity contribution < 1.29 is 30.0 Å². The number of benzene rings is 4. The van der Waals surface area contributed by atoms with Crippen LogP contribution < -0.4 is 0 Å². The van der Waals surface area contributed by atoms with Gasteiger partial charge in [0.25, 0.3) is 0 Å². The molecule has 0 aromatic heterocycles. The van der Waals surface area contributed by atoms with Gasteiger partial charge in [0.05, 0.1) is 0 Å². The number of carbonyl (C=O) groups is 2. The largest absolute Gasteiger partial charge is 0.508 e. The van der Waals surface area contributed by atoms with Gasteiger partial charge >= 0.3 is 0 Å². The van der Waals surface area contributed by atoms with E-state index in [9.17, 15) is 30.0 Å². The number of phenolic OH excluding ortho intramolecular Hbond substituents is 4. The molecule has 0 spiro atoms. The summed E-state index contributed by atoms with van der Waals surface area (Å²) in [6, 6.07) is 18.7. The molecule has 0 aliphatic heterocycles. The lowest BCUT2D eigenvalue weighted by atomic mass is 9.63. The standard InChI is InChI=1S/C46H52O6/c47-28-36-24-40(49)16-14-32(36)20-34-22-38(26-42(44(34)51)30-10-4-1-5-11-30)46(18-8-3-9-19-46)39-23-35(21-33-15-17-41(50)25-37(33)29-48)45(52)43(27-39)31-12-6-2-7-13-31/h14-17,22-31,49-52H,1-13,18-21H2. The summed E-state index contributed by atoms with van der Waals surface area (Å²) in [4.78, 5) is 24.2. The molecule has 0 heterocycles. The van der Waals surface area contributed by atoms with E-state index in [2.05, 4.69) is 24.3 Å². The summed E-state index contributed by atoms with van der Waals surface area (Å²) in [7, 11) is 0. The Kier molecular flexibility index (Phi) is 10.7. The van der Waals surface area contributed by atoms with E-state index in [-0.39, 0.29) is 28.7 Å². The van der Waals surface area contributed by atoms with Crippen molar-refractivity contribution in [3.8, 4) is 23.0 Å². The lowest BCUT2D eigenvalue weighted by Gasteiger charge is -2.41. The van der Waals surface area contributed by atoms with Gasteiger partial charge in [-0.25, -0.2) is 0 Å². The van der Waals surface area contributed by atoms with E-state index >= 15 is 0 Å². The highest BCUT2D eigenvalue weighted by Crippen LogP contribution is 2.51. The number of aromatic hydroxyl groups is 4. The monoisotopic (exact) mass is 700 g/mol. The highest BCUT2D eigenvalue weighted by atomic mass is 16.3. The second-order valence-electron chi connectivity index (χ2n) is 15.8. The van der Waals surface area contributed by atoms with Gasteiger partial charge in [-0.15, -0.1) is 0 Å². The molecule has 0 amide bonds. The maximum atomic E-state index is 12.1. The zero-order valence-corrected chi connectivity index (χ0v) is 30.2. The molecule has 7 rings (SSSR count). The van der Waals surface area contributed by atoms with Crippen molar-refractivity contribution in [1.82, 2.24) is 0 Å². The van der Waals surface area contributed by atoms with Crippen LogP contribution in [0.1, 0.15) is 173 Å². The fraction of sp³-hybridized carbons (Fsp3) is 0.435. The van der Waals surface area contributed by atoms with E-state index in [0.29, 0.717) is 35.5 Å². The normalized spacial score (nSPS) is 18.2. The number of phenols is 4. The molecule has 0 saturated heterocycles. The van der Waals surface area contributed by atoms with Crippen LogP contribution in [-0.4, -0.2) is 33.0 Å². The van der Waals surface area contributed by atoms with Crippen LogP contribution in [0, 0.1) is 0 Å². The molecule has 6 nitrogen and oxygen atoms in total. The summed E-state index contributed by atoms with van der Waals surface area (Å²) in [5.41, 5.74) is 7.93. The van der Waals surface area contributed by atoms with Crippen LogP contribution in [0.2, 0.25) is 0 Å². The Morgan fingerprint density at radius 1 is 0.500 bits per heavy atom. The molecule has 4 aromatic rings. The lowest BCUT2D eigenvalue weighted by molar-refractivity contribution is 0.111. The molecule has 4 aromatic carbocycles. The van der Waals surface area contributed by atoms with E-state index in [1.54, 1.807) is 24.3 Å². The van der Waals surface area contributed by atoms with Gasteiger partial charge in [-0.3, -0.25) is 9.59 Å². The van der Waals surface area contributed by atoms with Gasteiger partial charge in [0.2, 0.25) is 0 Å². The van der Waals surface area contributed by atoms with Crippen molar-refractivity contribution in [2.24, 2.45) is 0 Å². The van der Waals surface area contributed by atoms with Crippen molar-refractivity contribution in [2.75, 3.05) is 0 Å². The van der Waals surface area contributed by atoms with Crippen LogP contribution in [0.25, 0.3) is 0 Å². The molecule has 3 aliphatic carbocycles. The topological polar surface area (TPSA) is 115 Å². The predicted molar refractivity (Wildman–Crippen MR) is 204 cm³/mol. The number of carbonyl (C=O) groups excluding carboxylic acids is 2. The van der Waals surface area contributed by atoms with Crippen molar-refractivity contribution in [3.05, 3.63) is 116 Å². The van der Waals surface area contributed by atoms with Crippen LogP contribution >= 0.6 is 0 Å². The SMILES string of the molecule is O=Cc1cc(O)ccc1Cc1cc(C2(c3cc(Cc4ccc(O)cc4C=O)c(O)c(C4CCCCC4)c3)CCCCC2)cc(C2CCCCC2)c1O. The Labute approximate surface area is 307 Å².